The first kappa shape index (κ1) is 14.5. The second-order valence-electron chi connectivity index (χ2n) is 5.62. The quantitative estimate of drug-likeness (QED) is 0.842. The molecule has 2 heteroatoms. The Bertz CT molecular complexity index is 342. The molecule has 0 saturated carbocycles. The van der Waals surface area contributed by atoms with Gasteiger partial charge in [0.05, 0.1) is 0 Å². The van der Waals surface area contributed by atoms with Crippen LogP contribution >= 0.6 is 0 Å². The van der Waals surface area contributed by atoms with Crippen LogP contribution in [0.25, 0.3) is 0 Å². The first-order chi connectivity index (χ1) is 9.35. The molecule has 0 amide bonds. The van der Waals surface area contributed by atoms with Crippen molar-refractivity contribution >= 4 is 0 Å². The van der Waals surface area contributed by atoms with Crippen LogP contribution in [0.2, 0.25) is 0 Å². The molecule has 1 N–H and O–H groups in total. The van der Waals surface area contributed by atoms with Crippen LogP contribution in [-0.2, 0) is 0 Å². The third kappa shape index (κ3) is 4.05. The fourth-order valence-electron chi connectivity index (χ4n) is 3.20. The topological polar surface area (TPSA) is 15.3 Å². The van der Waals surface area contributed by atoms with Crippen LogP contribution < -0.4 is 5.32 Å². The maximum Gasteiger partial charge on any atom is 0.0345 e. The molecule has 0 bridgehead atoms. The number of piperidine rings is 1. The fourth-order valence-corrected chi connectivity index (χ4v) is 3.20. The third-order valence-electron chi connectivity index (χ3n) is 4.34. The maximum absolute atomic E-state index is 3.49. The van der Waals surface area contributed by atoms with E-state index < -0.39 is 0 Å². The number of nitrogens with zero attached hydrogens (tertiary/aromatic N) is 1. The molecule has 0 radical (unpaired) electrons. The van der Waals surface area contributed by atoms with Gasteiger partial charge in [-0.2, -0.15) is 0 Å². The van der Waals surface area contributed by atoms with E-state index in [-0.39, 0.29) is 0 Å². The highest BCUT2D eigenvalue weighted by Gasteiger charge is 2.24. The molecule has 0 spiro atoms. The molecule has 19 heavy (non-hydrogen) atoms. The Balaban J connectivity index is 1.89. The van der Waals surface area contributed by atoms with Crippen molar-refractivity contribution in [1.29, 1.82) is 0 Å². The van der Waals surface area contributed by atoms with Gasteiger partial charge in [-0.25, -0.2) is 0 Å². The lowest BCUT2D eigenvalue weighted by Gasteiger charge is -2.37. The van der Waals surface area contributed by atoms with E-state index in [1.807, 2.05) is 0 Å². The molecule has 2 rings (SSSR count). The predicted molar refractivity (Wildman–Crippen MR) is 82.3 cm³/mol. The van der Waals surface area contributed by atoms with Crippen LogP contribution in [0, 0.1) is 5.92 Å². The van der Waals surface area contributed by atoms with Crippen LogP contribution in [0.5, 0.6) is 0 Å². The second kappa shape index (κ2) is 7.66. The molecule has 1 atom stereocenters. The van der Waals surface area contributed by atoms with Crippen LogP contribution in [0.4, 0.5) is 0 Å². The fraction of sp³-hybridized carbons (Fsp3) is 0.647. The van der Waals surface area contributed by atoms with Gasteiger partial charge in [0.2, 0.25) is 0 Å². The Hall–Kier alpha value is -0.860. The van der Waals surface area contributed by atoms with Gasteiger partial charge in [0.25, 0.3) is 0 Å². The van der Waals surface area contributed by atoms with Gasteiger partial charge in [-0.3, -0.25) is 4.90 Å². The molecule has 1 aromatic carbocycles. The number of nitrogens with one attached hydrogen (secondary N) is 1. The molecule has 1 heterocycles. The van der Waals surface area contributed by atoms with Gasteiger partial charge >= 0.3 is 0 Å². The Morgan fingerprint density at radius 3 is 2.42 bits per heavy atom. The molecule has 106 valence electrons. The minimum Gasteiger partial charge on any atom is -0.317 e. The van der Waals surface area contributed by atoms with Gasteiger partial charge in [0.15, 0.2) is 0 Å². The summed E-state index contributed by atoms with van der Waals surface area (Å²) in [6.45, 7) is 9.31. The number of benzene rings is 1. The van der Waals surface area contributed by atoms with Gasteiger partial charge in [0.1, 0.15) is 0 Å². The summed E-state index contributed by atoms with van der Waals surface area (Å²) in [6.07, 6.45) is 3.90. The number of rotatable bonds is 6. The van der Waals surface area contributed by atoms with E-state index >= 15 is 0 Å². The number of hydrogen-bond acceptors (Lipinski definition) is 2. The summed E-state index contributed by atoms with van der Waals surface area (Å²) in [6, 6.07) is 11.6. The van der Waals surface area contributed by atoms with Crippen molar-refractivity contribution in [1.82, 2.24) is 10.2 Å². The number of hydrogen-bond donors (Lipinski definition) is 1. The van der Waals surface area contributed by atoms with Crippen LogP contribution in [0.1, 0.15) is 44.7 Å². The third-order valence-corrected chi connectivity index (χ3v) is 4.34. The Kier molecular flexibility index (Phi) is 5.87. The highest BCUT2D eigenvalue weighted by Crippen LogP contribution is 2.28. The van der Waals surface area contributed by atoms with E-state index in [2.05, 4.69) is 54.4 Å². The molecule has 2 nitrogen and oxygen atoms in total. The minimum atomic E-state index is 0.612. The summed E-state index contributed by atoms with van der Waals surface area (Å²) in [4.78, 5) is 2.68. The Labute approximate surface area is 118 Å². The maximum atomic E-state index is 3.49. The van der Waals surface area contributed by atoms with E-state index in [0.717, 1.165) is 12.5 Å². The number of likely N-dealkylation sites (tertiary alicyclic amines) is 1. The Morgan fingerprint density at radius 2 is 1.84 bits per heavy atom. The van der Waals surface area contributed by atoms with E-state index in [0.29, 0.717) is 6.04 Å². The van der Waals surface area contributed by atoms with Gasteiger partial charge < -0.3 is 5.32 Å². The standard InChI is InChI=1S/C17H28N2/c1-3-17(16-8-6-5-7-9-16)19-12-10-15(11-13-19)14-18-4-2/h5-9,15,17-18H,3-4,10-14H2,1-2H3. The second-order valence-corrected chi connectivity index (χ2v) is 5.62. The summed E-state index contributed by atoms with van der Waals surface area (Å²) in [7, 11) is 0. The van der Waals surface area contributed by atoms with Gasteiger partial charge in [-0.1, -0.05) is 44.2 Å². The normalized spacial score (nSPS) is 19.5. The van der Waals surface area contributed by atoms with E-state index in [1.54, 1.807) is 0 Å². The van der Waals surface area contributed by atoms with Crippen molar-refractivity contribution in [3.63, 3.8) is 0 Å². The smallest absolute Gasteiger partial charge is 0.0345 e. The van der Waals surface area contributed by atoms with Crippen LogP contribution in [0.3, 0.4) is 0 Å². The highest BCUT2D eigenvalue weighted by atomic mass is 15.2. The average molecular weight is 260 g/mol. The van der Waals surface area contributed by atoms with Crippen LogP contribution in [0.15, 0.2) is 30.3 Å². The first-order valence-corrected chi connectivity index (χ1v) is 7.84. The van der Waals surface area contributed by atoms with E-state index in [9.17, 15) is 0 Å². The lowest BCUT2D eigenvalue weighted by molar-refractivity contribution is 0.128. The SMILES string of the molecule is CCNCC1CCN(C(CC)c2ccccc2)CC1. The molecule has 0 aromatic heterocycles. The zero-order valence-electron chi connectivity index (χ0n) is 12.4. The first-order valence-electron chi connectivity index (χ1n) is 7.84. The average Bonchev–Trinajstić information content (AvgIpc) is 2.48. The zero-order chi connectivity index (χ0) is 13.5. The summed E-state index contributed by atoms with van der Waals surface area (Å²) in [5.74, 6) is 0.879. The van der Waals surface area contributed by atoms with Crippen LogP contribution in [-0.4, -0.2) is 31.1 Å². The summed E-state index contributed by atoms with van der Waals surface area (Å²) >= 11 is 0. The molecule has 1 aromatic rings. The van der Waals surface area contributed by atoms with Crippen molar-refractivity contribution in [3.8, 4) is 0 Å². The lowest BCUT2D eigenvalue weighted by Crippen LogP contribution is -2.39. The summed E-state index contributed by atoms with van der Waals surface area (Å²) < 4.78 is 0. The van der Waals surface area contributed by atoms with Crippen molar-refractivity contribution < 1.29 is 0 Å². The minimum absolute atomic E-state index is 0.612. The van der Waals surface area contributed by atoms with Gasteiger partial charge in [0, 0.05) is 6.04 Å². The predicted octanol–water partition coefficient (Wildman–Crippen LogP) is 3.46. The summed E-state index contributed by atoms with van der Waals surface area (Å²) in [5.41, 5.74) is 1.48. The molecular weight excluding hydrogens is 232 g/mol. The van der Waals surface area contributed by atoms with Crippen molar-refractivity contribution in [2.75, 3.05) is 26.2 Å². The largest absolute Gasteiger partial charge is 0.317 e. The van der Waals surface area contributed by atoms with Crippen molar-refractivity contribution in [2.24, 2.45) is 5.92 Å². The van der Waals surface area contributed by atoms with Crippen molar-refractivity contribution in [2.45, 2.75) is 39.2 Å². The molecule has 1 aliphatic rings. The van der Waals surface area contributed by atoms with Crippen molar-refractivity contribution in [3.05, 3.63) is 35.9 Å². The summed E-state index contributed by atoms with van der Waals surface area (Å²) in [5, 5.41) is 3.49. The molecule has 0 aliphatic carbocycles. The van der Waals surface area contributed by atoms with E-state index in [4.69, 9.17) is 0 Å². The monoisotopic (exact) mass is 260 g/mol. The van der Waals surface area contributed by atoms with Gasteiger partial charge in [-0.05, 0) is 56.9 Å². The zero-order valence-corrected chi connectivity index (χ0v) is 12.4. The Morgan fingerprint density at radius 1 is 1.16 bits per heavy atom. The molecule has 1 saturated heterocycles. The lowest BCUT2D eigenvalue weighted by atomic mass is 9.93. The van der Waals surface area contributed by atoms with Gasteiger partial charge in [-0.15, -0.1) is 0 Å². The highest BCUT2D eigenvalue weighted by molar-refractivity contribution is 5.19. The molecule has 1 unspecified atom stereocenters. The molecular formula is C17H28N2. The molecule has 1 fully saturated rings. The van der Waals surface area contributed by atoms with E-state index in [1.165, 1.54) is 44.5 Å². The molecule has 1 aliphatic heterocycles.